The van der Waals surface area contributed by atoms with Gasteiger partial charge >= 0.3 is 0 Å². The van der Waals surface area contributed by atoms with E-state index in [2.05, 4.69) is 0 Å². The van der Waals surface area contributed by atoms with Crippen LogP contribution in [0.4, 0.5) is 0 Å². The molecule has 0 aliphatic carbocycles. The lowest BCUT2D eigenvalue weighted by Crippen LogP contribution is -2.26. The van der Waals surface area contributed by atoms with Gasteiger partial charge in [0.15, 0.2) is 5.78 Å². The maximum absolute atomic E-state index is 13.4. The molecule has 0 bridgehead atoms. The topological polar surface area (TPSA) is 72.5 Å². The van der Waals surface area contributed by atoms with E-state index < -0.39 is 18.0 Å². The van der Waals surface area contributed by atoms with Crippen LogP contribution in [0.1, 0.15) is 57.2 Å². The number of Topliss-reactive ketones (excluding diaryl/α,β-unsaturated/α-hetero) is 2. The van der Waals surface area contributed by atoms with Crippen molar-refractivity contribution in [3.63, 3.8) is 0 Å². The highest BCUT2D eigenvalue weighted by Crippen LogP contribution is 2.30. The van der Waals surface area contributed by atoms with Crippen LogP contribution in [0.3, 0.4) is 0 Å². The van der Waals surface area contributed by atoms with Gasteiger partial charge in [-0.3, -0.25) is 14.6 Å². The zero-order valence-electron chi connectivity index (χ0n) is 19.1. The number of carbonyl (C=O) groups excluding carboxylic acids is 2. The molecule has 0 spiro atoms. The van der Waals surface area contributed by atoms with E-state index in [0.717, 1.165) is 27.8 Å². The molecule has 0 fully saturated rings. The molecule has 4 nitrogen and oxygen atoms in total. The molecule has 4 heteroatoms. The van der Waals surface area contributed by atoms with Gasteiger partial charge in [0.05, 0.1) is 12.1 Å². The first-order valence-electron chi connectivity index (χ1n) is 10.8. The van der Waals surface area contributed by atoms with E-state index in [9.17, 15) is 9.59 Å². The lowest BCUT2D eigenvalue weighted by atomic mass is 9.88. The maximum atomic E-state index is 13.4. The molecular formula is C28H30N2O2. The number of hydrogen-bond donors (Lipinski definition) is 1. The van der Waals surface area contributed by atoms with Crippen molar-refractivity contribution < 1.29 is 9.59 Å². The van der Waals surface area contributed by atoms with Crippen LogP contribution in [0.25, 0.3) is 0 Å². The van der Waals surface area contributed by atoms with Gasteiger partial charge in [-0.25, -0.2) is 0 Å². The number of carbonyl (C=O) groups is 2. The van der Waals surface area contributed by atoms with Gasteiger partial charge < -0.3 is 5.73 Å². The number of rotatable bonds is 8. The number of aryl methyl sites for hydroxylation is 3. The standard InChI is InChI=1S/C28H30N2O2/c1-18-15-19(2)25(20(3)16-18)28(32)24(21(4)31)17-30-27(23-13-9-6-10-14-23)26(29)22-11-7-5-8-12-22/h5-17,24,26-27H,29H2,1-4H3/t24?,26-,27-/m0/s1. The van der Waals surface area contributed by atoms with Crippen LogP contribution in [0.15, 0.2) is 77.8 Å². The Balaban J connectivity index is 2.00. The molecule has 3 aromatic carbocycles. The van der Waals surface area contributed by atoms with Crippen molar-refractivity contribution in [3.05, 3.63) is 106 Å². The minimum absolute atomic E-state index is 0.226. The Bertz CT molecular complexity index is 1100. The molecule has 0 aliphatic heterocycles. The molecule has 3 atom stereocenters. The Morgan fingerprint density at radius 3 is 1.84 bits per heavy atom. The summed E-state index contributed by atoms with van der Waals surface area (Å²) in [5.74, 6) is -1.42. The second kappa shape index (κ2) is 10.3. The van der Waals surface area contributed by atoms with Gasteiger partial charge in [-0.15, -0.1) is 0 Å². The quantitative estimate of drug-likeness (QED) is 0.293. The summed E-state index contributed by atoms with van der Waals surface area (Å²) in [6, 6.07) is 22.5. The summed E-state index contributed by atoms with van der Waals surface area (Å²) >= 11 is 0. The van der Waals surface area contributed by atoms with Crippen LogP contribution in [-0.4, -0.2) is 17.8 Å². The summed E-state index contributed by atoms with van der Waals surface area (Å²) in [5, 5.41) is 0. The Morgan fingerprint density at radius 2 is 1.34 bits per heavy atom. The fourth-order valence-electron chi connectivity index (χ4n) is 4.15. The van der Waals surface area contributed by atoms with Gasteiger partial charge in [0.2, 0.25) is 0 Å². The van der Waals surface area contributed by atoms with Gasteiger partial charge in [0.1, 0.15) is 11.7 Å². The Hall–Kier alpha value is -3.37. The predicted octanol–water partition coefficient (Wildman–Crippen LogP) is 5.51. The van der Waals surface area contributed by atoms with Gasteiger partial charge in [-0.2, -0.15) is 0 Å². The van der Waals surface area contributed by atoms with Crippen molar-refractivity contribution in [2.75, 3.05) is 0 Å². The Labute approximate surface area is 190 Å². The lowest BCUT2D eigenvalue weighted by Gasteiger charge is -2.22. The third kappa shape index (κ3) is 5.27. The Morgan fingerprint density at radius 1 is 0.844 bits per heavy atom. The number of nitrogens with two attached hydrogens (primary N) is 1. The first kappa shape index (κ1) is 23.3. The molecule has 3 rings (SSSR count). The van der Waals surface area contributed by atoms with Crippen molar-refractivity contribution >= 4 is 17.8 Å². The molecule has 0 saturated carbocycles. The van der Waals surface area contributed by atoms with Gasteiger partial charge in [0.25, 0.3) is 0 Å². The van der Waals surface area contributed by atoms with Crippen LogP contribution in [0.2, 0.25) is 0 Å². The zero-order valence-corrected chi connectivity index (χ0v) is 19.1. The van der Waals surface area contributed by atoms with Crippen LogP contribution < -0.4 is 5.73 Å². The fourth-order valence-corrected chi connectivity index (χ4v) is 4.15. The second-order valence-corrected chi connectivity index (χ2v) is 8.32. The van der Waals surface area contributed by atoms with Gasteiger partial charge in [0, 0.05) is 11.8 Å². The predicted molar refractivity (Wildman–Crippen MR) is 130 cm³/mol. The molecule has 2 N–H and O–H groups in total. The van der Waals surface area contributed by atoms with Crippen LogP contribution in [0.5, 0.6) is 0 Å². The molecule has 0 radical (unpaired) electrons. The number of ketones is 2. The van der Waals surface area contributed by atoms with E-state index in [0.29, 0.717) is 5.56 Å². The minimum atomic E-state index is -0.954. The van der Waals surface area contributed by atoms with E-state index in [-0.39, 0.29) is 11.6 Å². The average Bonchev–Trinajstić information content (AvgIpc) is 2.76. The van der Waals surface area contributed by atoms with Crippen molar-refractivity contribution in [1.29, 1.82) is 0 Å². The highest BCUT2D eigenvalue weighted by Gasteiger charge is 2.27. The summed E-state index contributed by atoms with van der Waals surface area (Å²) in [4.78, 5) is 30.6. The smallest absolute Gasteiger partial charge is 0.179 e. The van der Waals surface area contributed by atoms with E-state index >= 15 is 0 Å². The second-order valence-electron chi connectivity index (χ2n) is 8.32. The van der Waals surface area contributed by atoms with Crippen LogP contribution in [-0.2, 0) is 4.79 Å². The summed E-state index contributed by atoms with van der Waals surface area (Å²) in [6.07, 6.45) is 1.49. The van der Waals surface area contributed by atoms with Crippen molar-refractivity contribution in [3.8, 4) is 0 Å². The first-order chi connectivity index (χ1) is 15.3. The molecule has 0 saturated heterocycles. The van der Waals surface area contributed by atoms with E-state index in [4.69, 9.17) is 10.7 Å². The molecule has 0 aromatic heterocycles. The molecule has 1 unspecified atom stereocenters. The van der Waals surface area contributed by atoms with Crippen LogP contribution >= 0.6 is 0 Å². The normalized spacial score (nSPS) is 14.2. The summed E-state index contributed by atoms with van der Waals surface area (Å²) in [6.45, 7) is 7.23. The monoisotopic (exact) mass is 426 g/mol. The minimum Gasteiger partial charge on any atom is -0.322 e. The Kier molecular flexibility index (Phi) is 7.49. The van der Waals surface area contributed by atoms with E-state index in [1.807, 2.05) is 93.6 Å². The molecule has 164 valence electrons. The number of benzene rings is 3. The fraction of sp³-hybridized carbons (Fsp3) is 0.250. The van der Waals surface area contributed by atoms with E-state index in [1.165, 1.54) is 13.1 Å². The summed E-state index contributed by atoms with van der Waals surface area (Å²) < 4.78 is 0. The van der Waals surface area contributed by atoms with Crippen LogP contribution in [0, 0.1) is 26.7 Å². The van der Waals surface area contributed by atoms with Gasteiger partial charge in [-0.1, -0.05) is 78.4 Å². The summed E-state index contributed by atoms with van der Waals surface area (Å²) in [5.41, 5.74) is 11.9. The largest absolute Gasteiger partial charge is 0.322 e. The highest BCUT2D eigenvalue weighted by atomic mass is 16.1. The summed E-state index contributed by atoms with van der Waals surface area (Å²) in [7, 11) is 0. The molecule has 0 heterocycles. The maximum Gasteiger partial charge on any atom is 0.179 e. The third-order valence-electron chi connectivity index (χ3n) is 5.71. The SMILES string of the molecule is CC(=O)C(C=N[C@@H](c1ccccc1)[C@@H](N)c1ccccc1)C(=O)c1c(C)cc(C)cc1C. The van der Waals surface area contributed by atoms with Crippen molar-refractivity contribution in [2.24, 2.45) is 16.6 Å². The van der Waals surface area contributed by atoms with Crippen molar-refractivity contribution in [1.82, 2.24) is 0 Å². The van der Waals surface area contributed by atoms with Crippen molar-refractivity contribution in [2.45, 2.75) is 39.8 Å². The molecule has 0 amide bonds. The average molecular weight is 427 g/mol. The number of aliphatic imine (C=N–C) groups is 1. The number of hydrogen-bond acceptors (Lipinski definition) is 4. The molecule has 3 aromatic rings. The number of nitrogens with zero attached hydrogens (tertiary/aromatic N) is 1. The van der Waals surface area contributed by atoms with E-state index in [1.54, 1.807) is 0 Å². The molecule has 32 heavy (non-hydrogen) atoms. The third-order valence-corrected chi connectivity index (χ3v) is 5.71. The van der Waals surface area contributed by atoms with Gasteiger partial charge in [-0.05, 0) is 49.9 Å². The highest BCUT2D eigenvalue weighted by molar-refractivity contribution is 6.20. The molecular weight excluding hydrogens is 396 g/mol. The molecule has 0 aliphatic rings. The zero-order chi connectivity index (χ0) is 23.3. The lowest BCUT2D eigenvalue weighted by molar-refractivity contribution is -0.117. The first-order valence-corrected chi connectivity index (χ1v) is 10.8.